The van der Waals surface area contributed by atoms with Crippen molar-refractivity contribution >= 4 is 63.6 Å². The smallest absolute Gasteiger partial charge is 0.262 e. The van der Waals surface area contributed by atoms with Gasteiger partial charge in [0.2, 0.25) is 6.19 Å². The molecular formula is C21H19Cl2N5O4S. The third-order valence-corrected chi connectivity index (χ3v) is 6.82. The summed E-state index contributed by atoms with van der Waals surface area (Å²) in [7, 11) is 0. The van der Waals surface area contributed by atoms with E-state index in [1.54, 1.807) is 41.4 Å². The number of aliphatic imine (C=N–C) groups is 1. The van der Waals surface area contributed by atoms with E-state index >= 15 is 0 Å². The largest absolute Gasteiger partial charge is 0.378 e. The van der Waals surface area contributed by atoms with E-state index in [0.29, 0.717) is 57.6 Å². The molecule has 0 unspecified atom stereocenters. The second-order valence-corrected chi connectivity index (χ2v) is 9.52. The molecule has 2 amide bonds. The number of halogens is 2. The number of carbonyl (C=O) groups is 2. The predicted octanol–water partition coefficient (Wildman–Crippen LogP) is 3.30. The van der Waals surface area contributed by atoms with Gasteiger partial charge in [0.25, 0.3) is 11.8 Å². The number of amides is 2. The average Bonchev–Trinajstić information content (AvgIpc) is 3.45. The van der Waals surface area contributed by atoms with Crippen LogP contribution < -0.4 is 15.5 Å². The van der Waals surface area contributed by atoms with Gasteiger partial charge in [0.15, 0.2) is 0 Å². The van der Waals surface area contributed by atoms with E-state index in [4.69, 9.17) is 37.9 Å². The van der Waals surface area contributed by atoms with Gasteiger partial charge in [0.1, 0.15) is 18.0 Å². The zero-order chi connectivity index (χ0) is 23.4. The highest BCUT2D eigenvalue weighted by atomic mass is 35.5. The van der Waals surface area contributed by atoms with Crippen LogP contribution in [0.5, 0.6) is 0 Å². The fourth-order valence-corrected chi connectivity index (χ4v) is 4.83. The quantitative estimate of drug-likeness (QED) is 0.599. The molecule has 0 spiro atoms. The standard InChI is InChI=1S/C21H19Cl2N5O4S/c22-14-9-13(1-2-15(14)28-6-8-31-10-18(28)25-12-24)26-20(30)21(5-7-32-11-21)27-19(29)16-3-4-17(23)33-16/h1-4,9H,5-8,10-11H2,(H,26,30)(H,27,29)/t21-/m1/s1. The summed E-state index contributed by atoms with van der Waals surface area (Å²) in [6, 6.07) is 8.28. The first kappa shape index (κ1) is 23.5. The molecule has 0 radical (unpaired) electrons. The Hall–Kier alpha value is -2.68. The Labute approximate surface area is 203 Å². The van der Waals surface area contributed by atoms with Crippen molar-refractivity contribution in [1.82, 2.24) is 5.32 Å². The van der Waals surface area contributed by atoms with Crippen LogP contribution >= 0.6 is 34.5 Å². The molecule has 0 aliphatic carbocycles. The van der Waals surface area contributed by atoms with Crippen molar-refractivity contribution < 1.29 is 19.1 Å². The fraction of sp³-hybridized carbons (Fsp3) is 0.333. The van der Waals surface area contributed by atoms with Crippen molar-refractivity contribution in [3.05, 3.63) is 44.6 Å². The fourth-order valence-electron chi connectivity index (χ4n) is 3.61. The van der Waals surface area contributed by atoms with E-state index in [9.17, 15) is 9.59 Å². The molecule has 2 N–H and O–H groups in total. The molecule has 2 aliphatic heterocycles. The molecule has 12 heteroatoms. The number of anilines is 2. The molecule has 2 aromatic rings. The molecule has 2 fully saturated rings. The number of nitriles is 1. The van der Waals surface area contributed by atoms with E-state index in [1.807, 2.05) is 0 Å². The Morgan fingerprint density at radius 1 is 1.21 bits per heavy atom. The number of hydrogen-bond acceptors (Lipinski definition) is 7. The van der Waals surface area contributed by atoms with Crippen LogP contribution in [-0.4, -0.2) is 56.2 Å². The highest BCUT2D eigenvalue weighted by Crippen LogP contribution is 2.31. The molecule has 2 aliphatic rings. The summed E-state index contributed by atoms with van der Waals surface area (Å²) in [6.45, 7) is 1.57. The number of carbonyl (C=O) groups excluding carboxylic acids is 2. The minimum absolute atomic E-state index is 0.0528. The first-order chi connectivity index (χ1) is 15.9. The highest BCUT2D eigenvalue weighted by Gasteiger charge is 2.44. The lowest BCUT2D eigenvalue weighted by molar-refractivity contribution is -0.122. The number of thiophene rings is 1. The van der Waals surface area contributed by atoms with Crippen LogP contribution in [0, 0.1) is 11.5 Å². The predicted molar refractivity (Wildman–Crippen MR) is 126 cm³/mol. The lowest BCUT2D eigenvalue weighted by atomic mass is 9.97. The van der Waals surface area contributed by atoms with Crippen molar-refractivity contribution in [2.45, 2.75) is 12.0 Å². The molecule has 1 aromatic carbocycles. The summed E-state index contributed by atoms with van der Waals surface area (Å²) in [5, 5.41) is 14.9. The van der Waals surface area contributed by atoms with Crippen LogP contribution in [0.1, 0.15) is 16.1 Å². The van der Waals surface area contributed by atoms with Crippen LogP contribution in [0.4, 0.5) is 11.4 Å². The second kappa shape index (κ2) is 10.1. The summed E-state index contributed by atoms with van der Waals surface area (Å²) < 4.78 is 11.3. The lowest BCUT2D eigenvalue weighted by Crippen LogP contribution is -2.57. The zero-order valence-electron chi connectivity index (χ0n) is 17.3. The number of morpholine rings is 1. The molecule has 9 nitrogen and oxygen atoms in total. The van der Waals surface area contributed by atoms with Gasteiger partial charge in [-0.1, -0.05) is 23.2 Å². The molecule has 1 aromatic heterocycles. The summed E-state index contributed by atoms with van der Waals surface area (Å²) >= 11 is 13.6. The number of nitrogens with one attached hydrogen (secondary N) is 2. The van der Waals surface area contributed by atoms with Crippen molar-refractivity contribution in [3.8, 4) is 6.19 Å². The second-order valence-electron chi connectivity index (χ2n) is 7.40. The van der Waals surface area contributed by atoms with Gasteiger partial charge in [-0.25, -0.2) is 0 Å². The van der Waals surface area contributed by atoms with Gasteiger partial charge in [-0.3, -0.25) is 9.59 Å². The van der Waals surface area contributed by atoms with Crippen molar-refractivity contribution in [2.75, 3.05) is 43.2 Å². The molecule has 4 rings (SSSR count). The molecule has 3 heterocycles. The third-order valence-electron chi connectivity index (χ3n) is 5.28. The maximum Gasteiger partial charge on any atom is 0.262 e. The highest BCUT2D eigenvalue weighted by molar-refractivity contribution is 7.18. The van der Waals surface area contributed by atoms with Crippen molar-refractivity contribution in [3.63, 3.8) is 0 Å². The molecule has 0 saturated carbocycles. The number of amidine groups is 1. The summed E-state index contributed by atoms with van der Waals surface area (Å²) in [5.74, 6) is -0.337. The maximum atomic E-state index is 13.2. The van der Waals surface area contributed by atoms with E-state index in [0.717, 1.165) is 11.3 Å². The molecule has 172 valence electrons. The van der Waals surface area contributed by atoms with E-state index in [1.165, 1.54) is 0 Å². The molecule has 0 bridgehead atoms. The lowest BCUT2D eigenvalue weighted by Gasteiger charge is -2.30. The first-order valence-electron chi connectivity index (χ1n) is 9.99. The minimum Gasteiger partial charge on any atom is -0.378 e. The van der Waals surface area contributed by atoms with Crippen LogP contribution in [0.3, 0.4) is 0 Å². The summed E-state index contributed by atoms with van der Waals surface area (Å²) in [5.41, 5.74) is -0.107. The normalized spacial score (nSPS) is 21.6. The Balaban J connectivity index is 1.51. The Kier molecular flexibility index (Phi) is 7.17. The Morgan fingerprint density at radius 2 is 2.06 bits per heavy atom. The molecule has 2 saturated heterocycles. The molecule has 1 atom stereocenters. The van der Waals surface area contributed by atoms with Crippen LogP contribution in [0.25, 0.3) is 0 Å². The number of nitrogens with zero attached hydrogens (tertiary/aromatic N) is 3. The monoisotopic (exact) mass is 507 g/mol. The van der Waals surface area contributed by atoms with Gasteiger partial charge >= 0.3 is 0 Å². The van der Waals surface area contributed by atoms with Crippen LogP contribution in [0.2, 0.25) is 9.36 Å². The van der Waals surface area contributed by atoms with Gasteiger partial charge in [-0.05, 0) is 30.3 Å². The first-order valence-corrected chi connectivity index (χ1v) is 11.6. The van der Waals surface area contributed by atoms with Crippen LogP contribution in [0.15, 0.2) is 35.3 Å². The summed E-state index contributed by atoms with van der Waals surface area (Å²) in [4.78, 5) is 31.9. The van der Waals surface area contributed by atoms with Gasteiger partial charge in [-0.15, -0.1) is 11.3 Å². The Bertz CT molecular complexity index is 1140. The molecular weight excluding hydrogens is 489 g/mol. The van der Waals surface area contributed by atoms with E-state index < -0.39 is 17.4 Å². The topological polar surface area (TPSA) is 116 Å². The average molecular weight is 508 g/mol. The number of rotatable bonds is 5. The summed E-state index contributed by atoms with van der Waals surface area (Å²) in [6.07, 6.45) is 2.10. The zero-order valence-corrected chi connectivity index (χ0v) is 19.6. The minimum atomic E-state index is -1.21. The number of ether oxygens (including phenoxy) is 2. The number of hydrogen-bond donors (Lipinski definition) is 2. The number of benzene rings is 1. The van der Waals surface area contributed by atoms with E-state index in [2.05, 4.69) is 15.6 Å². The van der Waals surface area contributed by atoms with Crippen molar-refractivity contribution in [2.24, 2.45) is 4.99 Å². The van der Waals surface area contributed by atoms with Gasteiger partial charge < -0.3 is 25.0 Å². The van der Waals surface area contributed by atoms with Gasteiger partial charge in [-0.2, -0.15) is 10.3 Å². The Morgan fingerprint density at radius 3 is 2.73 bits per heavy atom. The van der Waals surface area contributed by atoms with Gasteiger partial charge in [0, 0.05) is 25.3 Å². The maximum absolute atomic E-state index is 13.2. The van der Waals surface area contributed by atoms with E-state index in [-0.39, 0.29) is 13.2 Å². The molecule has 33 heavy (non-hydrogen) atoms. The third kappa shape index (κ3) is 5.13. The SMILES string of the molecule is N#CN=C1COCCN1c1ccc(NC(=O)[C@@]2(NC(=O)c3ccc(Cl)s3)CCOC2)cc1Cl. The van der Waals surface area contributed by atoms with Gasteiger partial charge in [0.05, 0.1) is 33.1 Å². The van der Waals surface area contributed by atoms with Crippen molar-refractivity contribution in [1.29, 1.82) is 5.26 Å². The van der Waals surface area contributed by atoms with Crippen LogP contribution in [-0.2, 0) is 14.3 Å².